The highest BCUT2D eigenvalue weighted by molar-refractivity contribution is 5.74. The first-order valence-electron chi connectivity index (χ1n) is 8.51. The van der Waals surface area contributed by atoms with Crippen molar-refractivity contribution in [3.63, 3.8) is 0 Å². The summed E-state index contributed by atoms with van der Waals surface area (Å²) in [4.78, 5) is 16.4. The van der Waals surface area contributed by atoms with Crippen molar-refractivity contribution in [1.82, 2.24) is 15.1 Å². The number of piperazine rings is 1. The van der Waals surface area contributed by atoms with Crippen molar-refractivity contribution >= 4 is 6.03 Å². The van der Waals surface area contributed by atoms with Crippen molar-refractivity contribution in [2.45, 2.75) is 25.4 Å². The zero-order chi connectivity index (χ0) is 17.4. The van der Waals surface area contributed by atoms with Crippen LogP contribution < -0.4 is 5.32 Å². The van der Waals surface area contributed by atoms with Crippen molar-refractivity contribution < 1.29 is 9.90 Å². The molecule has 0 radical (unpaired) electrons. The molecule has 5 heteroatoms. The third-order valence-electron chi connectivity index (χ3n) is 4.37. The average molecular weight is 329 g/mol. The topological polar surface area (TPSA) is 55.8 Å². The monoisotopic (exact) mass is 329 g/mol. The maximum Gasteiger partial charge on any atom is 0.317 e. The van der Waals surface area contributed by atoms with Crippen LogP contribution in [0.4, 0.5) is 4.79 Å². The van der Waals surface area contributed by atoms with E-state index >= 15 is 0 Å². The average Bonchev–Trinajstić information content (AvgIpc) is 2.60. The quantitative estimate of drug-likeness (QED) is 0.778. The highest BCUT2D eigenvalue weighted by Crippen LogP contribution is 2.20. The number of amides is 2. The summed E-state index contributed by atoms with van der Waals surface area (Å²) in [7, 11) is 0. The summed E-state index contributed by atoms with van der Waals surface area (Å²) in [6.45, 7) is 5.96. The Bertz CT molecular complexity index is 545. The van der Waals surface area contributed by atoms with E-state index in [4.69, 9.17) is 6.42 Å². The summed E-state index contributed by atoms with van der Waals surface area (Å²) in [5.41, 5.74) is 1.14. The zero-order valence-electron chi connectivity index (χ0n) is 14.3. The van der Waals surface area contributed by atoms with Gasteiger partial charge >= 0.3 is 6.03 Å². The van der Waals surface area contributed by atoms with Gasteiger partial charge in [0.2, 0.25) is 0 Å². The first-order valence-corrected chi connectivity index (χ1v) is 8.51. The van der Waals surface area contributed by atoms with Crippen molar-refractivity contribution in [1.29, 1.82) is 0 Å². The predicted octanol–water partition coefficient (Wildman–Crippen LogP) is 1.50. The van der Waals surface area contributed by atoms with Gasteiger partial charge in [0, 0.05) is 38.6 Å². The number of aliphatic hydroxyl groups is 1. The van der Waals surface area contributed by atoms with Gasteiger partial charge in [-0.05, 0) is 18.9 Å². The molecule has 1 aliphatic heterocycles. The van der Waals surface area contributed by atoms with Crippen molar-refractivity contribution in [3.05, 3.63) is 35.9 Å². The lowest BCUT2D eigenvalue weighted by Crippen LogP contribution is -2.52. The van der Waals surface area contributed by atoms with Crippen molar-refractivity contribution in [2.75, 3.05) is 39.3 Å². The first kappa shape index (κ1) is 18.3. The van der Waals surface area contributed by atoms with Crippen LogP contribution in [0.15, 0.2) is 30.3 Å². The van der Waals surface area contributed by atoms with Gasteiger partial charge < -0.3 is 15.3 Å². The van der Waals surface area contributed by atoms with Gasteiger partial charge in [-0.1, -0.05) is 36.3 Å². The van der Waals surface area contributed by atoms with Gasteiger partial charge in [0.1, 0.15) is 0 Å². The lowest BCUT2D eigenvalue weighted by atomic mass is 9.93. The molecule has 0 spiro atoms. The Labute approximate surface area is 144 Å². The van der Waals surface area contributed by atoms with Crippen molar-refractivity contribution in [3.8, 4) is 12.3 Å². The fourth-order valence-corrected chi connectivity index (χ4v) is 3.03. The molecule has 5 nitrogen and oxygen atoms in total. The van der Waals surface area contributed by atoms with Crippen LogP contribution in [0, 0.1) is 12.3 Å². The Kier molecular flexibility index (Phi) is 7.10. The van der Waals surface area contributed by atoms with E-state index in [0.29, 0.717) is 32.6 Å². The van der Waals surface area contributed by atoms with Gasteiger partial charge in [0.15, 0.2) is 0 Å². The Hall–Kier alpha value is -2.03. The lowest BCUT2D eigenvalue weighted by molar-refractivity contribution is 0.145. The number of terminal acetylenes is 1. The fourth-order valence-electron chi connectivity index (χ4n) is 3.03. The summed E-state index contributed by atoms with van der Waals surface area (Å²) >= 11 is 0. The molecule has 2 amide bonds. The molecule has 24 heavy (non-hydrogen) atoms. The SMILES string of the molecule is C#CCN1CCN(C(=O)NCC(CC(C)O)c2ccccc2)CC1. The number of nitrogens with one attached hydrogen (secondary N) is 1. The Balaban J connectivity index is 1.85. The molecular formula is C19H27N3O2. The number of hydrogen-bond acceptors (Lipinski definition) is 3. The van der Waals surface area contributed by atoms with Gasteiger partial charge in [0.05, 0.1) is 12.6 Å². The molecule has 130 valence electrons. The molecule has 0 aliphatic carbocycles. The number of urea groups is 1. The number of carbonyl (C=O) groups excluding carboxylic acids is 1. The normalized spacial score (nSPS) is 17.8. The lowest BCUT2D eigenvalue weighted by Gasteiger charge is -2.34. The van der Waals surface area contributed by atoms with E-state index in [0.717, 1.165) is 18.7 Å². The van der Waals surface area contributed by atoms with E-state index < -0.39 is 6.10 Å². The van der Waals surface area contributed by atoms with Crippen LogP contribution in [-0.2, 0) is 0 Å². The van der Waals surface area contributed by atoms with E-state index in [1.54, 1.807) is 6.92 Å². The Morgan fingerprint density at radius 1 is 1.29 bits per heavy atom. The Morgan fingerprint density at radius 3 is 2.54 bits per heavy atom. The number of aliphatic hydroxyl groups excluding tert-OH is 1. The third-order valence-corrected chi connectivity index (χ3v) is 4.37. The van der Waals surface area contributed by atoms with Crippen LogP contribution in [0.2, 0.25) is 0 Å². The summed E-state index contributed by atoms with van der Waals surface area (Å²) in [5.74, 6) is 2.75. The second kappa shape index (κ2) is 9.31. The van der Waals surface area contributed by atoms with Crippen LogP contribution in [0.3, 0.4) is 0 Å². The molecule has 2 unspecified atom stereocenters. The van der Waals surface area contributed by atoms with Crippen LogP contribution in [0.1, 0.15) is 24.8 Å². The fraction of sp³-hybridized carbons (Fsp3) is 0.526. The predicted molar refractivity (Wildman–Crippen MR) is 95.7 cm³/mol. The standard InChI is InChI=1S/C19H27N3O2/c1-3-9-21-10-12-22(13-11-21)19(24)20-15-18(14-16(2)23)17-7-5-4-6-8-17/h1,4-8,16,18,23H,9-15H2,2H3,(H,20,24). The molecule has 1 aromatic carbocycles. The largest absolute Gasteiger partial charge is 0.393 e. The second-order valence-corrected chi connectivity index (χ2v) is 6.35. The molecule has 1 fully saturated rings. The molecule has 1 heterocycles. The first-order chi connectivity index (χ1) is 11.6. The minimum Gasteiger partial charge on any atom is -0.393 e. The maximum atomic E-state index is 12.4. The molecule has 2 rings (SSSR count). The number of rotatable bonds is 6. The van der Waals surface area contributed by atoms with Crippen LogP contribution in [-0.4, -0.2) is 66.3 Å². The van der Waals surface area contributed by atoms with Crippen LogP contribution in [0.5, 0.6) is 0 Å². The van der Waals surface area contributed by atoms with E-state index in [1.165, 1.54) is 0 Å². The number of nitrogens with zero attached hydrogens (tertiary/aromatic N) is 2. The molecule has 1 aromatic rings. The van der Waals surface area contributed by atoms with Gasteiger partial charge in [-0.3, -0.25) is 4.90 Å². The number of benzene rings is 1. The molecule has 0 aromatic heterocycles. The summed E-state index contributed by atoms with van der Waals surface area (Å²) < 4.78 is 0. The van der Waals surface area contributed by atoms with Crippen LogP contribution >= 0.6 is 0 Å². The molecule has 2 atom stereocenters. The van der Waals surface area contributed by atoms with E-state index in [1.807, 2.05) is 35.2 Å². The van der Waals surface area contributed by atoms with E-state index in [2.05, 4.69) is 16.1 Å². The van der Waals surface area contributed by atoms with Gasteiger partial charge in [-0.15, -0.1) is 6.42 Å². The van der Waals surface area contributed by atoms with E-state index in [-0.39, 0.29) is 11.9 Å². The minimum atomic E-state index is -0.403. The second-order valence-electron chi connectivity index (χ2n) is 6.35. The van der Waals surface area contributed by atoms with Gasteiger partial charge in [-0.25, -0.2) is 4.79 Å². The summed E-state index contributed by atoms with van der Waals surface area (Å²) in [6.07, 6.45) is 5.55. The summed E-state index contributed by atoms with van der Waals surface area (Å²) in [6, 6.07) is 9.97. The zero-order valence-corrected chi connectivity index (χ0v) is 14.3. The Morgan fingerprint density at radius 2 is 1.96 bits per heavy atom. The molecule has 0 bridgehead atoms. The maximum absolute atomic E-state index is 12.4. The molecule has 0 saturated carbocycles. The molecular weight excluding hydrogens is 302 g/mol. The number of hydrogen-bond donors (Lipinski definition) is 2. The molecule has 1 aliphatic rings. The van der Waals surface area contributed by atoms with Gasteiger partial charge in [0.25, 0.3) is 0 Å². The van der Waals surface area contributed by atoms with Crippen LogP contribution in [0.25, 0.3) is 0 Å². The van der Waals surface area contributed by atoms with E-state index in [9.17, 15) is 9.90 Å². The van der Waals surface area contributed by atoms with Gasteiger partial charge in [-0.2, -0.15) is 0 Å². The molecule has 2 N–H and O–H groups in total. The smallest absolute Gasteiger partial charge is 0.317 e. The molecule has 1 saturated heterocycles. The third kappa shape index (κ3) is 5.55. The summed E-state index contributed by atoms with van der Waals surface area (Å²) in [5, 5.41) is 12.8. The number of carbonyl (C=O) groups is 1. The highest BCUT2D eigenvalue weighted by atomic mass is 16.3. The minimum absolute atomic E-state index is 0.0399. The van der Waals surface area contributed by atoms with Crippen molar-refractivity contribution in [2.24, 2.45) is 0 Å². The highest BCUT2D eigenvalue weighted by Gasteiger charge is 2.22.